The third-order valence-electron chi connectivity index (χ3n) is 7.57. The highest BCUT2D eigenvalue weighted by Gasteiger charge is 2.58. The Morgan fingerprint density at radius 3 is 2.59 bits per heavy atom. The number of rotatable bonds is 2. The van der Waals surface area contributed by atoms with E-state index in [0.717, 1.165) is 25.7 Å². The second-order valence-electron chi connectivity index (χ2n) is 8.84. The van der Waals surface area contributed by atoms with Crippen LogP contribution in [0.2, 0.25) is 0 Å². The van der Waals surface area contributed by atoms with E-state index in [0.29, 0.717) is 11.8 Å². The SMILES string of the molecule is C=C[C@@]1(C)C=C2CC[C@@H]3C(C)(CO)[C@H](O)CC[C@@]3(C)[C@@H]2CC1. The fraction of sp³-hybridized carbons (Fsp3) is 0.800. The minimum atomic E-state index is -0.358. The van der Waals surface area contributed by atoms with E-state index in [1.54, 1.807) is 5.57 Å². The highest BCUT2D eigenvalue weighted by atomic mass is 16.3. The largest absolute Gasteiger partial charge is 0.396 e. The number of allylic oxidation sites excluding steroid dienone is 3. The Bertz CT molecular complexity index is 496. The molecule has 2 saturated carbocycles. The molecule has 0 saturated heterocycles. The summed E-state index contributed by atoms with van der Waals surface area (Å²) in [5.41, 5.74) is 1.66. The monoisotopic (exact) mass is 304 g/mol. The zero-order valence-corrected chi connectivity index (χ0v) is 14.4. The smallest absolute Gasteiger partial charge is 0.0618 e. The second kappa shape index (κ2) is 5.21. The number of hydrogen-bond acceptors (Lipinski definition) is 2. The van der Waals surface area contributed by atoms with Crippen LogP contribution in [0.3, 0.4) is 0 Å². The van der Waals surface area contributed by atoms with E-state index in [-0.39, 0.29) is 29.0 Å². The zero-order valence-electron chi connectivity index (χ0n) is 14.4. The summed E-state index contributed by atoms with van der Waals surface area (Å²) >= 11 is 0. The van der Waals surface area contributed by atoms with Crippen LogP contribution in [0.5, 0.6) is 0 Å². The molecule has 3 rings (SSSR count). The van der Waals surface area contributed by atoms with E-state index in [1.807, 2.05) is 0 Å². The van der Waals surface area contributed by atoms with E-state index in [2.05, 4.69) is 39.5 Å². The Morgan fingerprint density at radius 1 is 1.23 bits per heavy atom. The Labute approximate surface area is 135 Å². The first kappa shape index (κ1) is 16.3. The van der Waals surface area contributed by atoms with Crippen LogP contribution in [-0.2, 0) is 0 Å². The average molecular weight is 304 g/mol. The lowest BCUT2D eigenvalue weighted by Crippen LogP contribution is -2.58. The maximum absolute atomic E-state index is 10.5. The molecule has 0 aromatic heterocycles. The van der Waals surface area contributed by atoms with Crippen molar-refractivity contribution in [3.63, 3.8) is 0 Å². The van der Waals surface area contributed by atoms with Crippen LogP contribution in [0.25, 0.3) is 0 Å². The first-order valence-electron chi connectivity index (χ1n) is 8.93. The second-order valence-corrected chi connectivity index (χ2v) is 8.84. The van der Waals surface area contributed by atoms with Gasteiger partial charge in [0.05, 0.1) is 12.7 Å². The summed E-state index contributed by atoms with van der Waals surface area (Å²) in [6.07, 6.45) is 10.8. The van der Waals surface area contributed by atoms with Crippen molar-refractivity contribution in [2.75, 3.05) is 6.61 Å². The molecule has 2 nitrogen and oxygen atoms in total. The summed E-state index contributed by atoms with van der Waals surface area (Å²) in [7, 11) is 0. The van der Waals surface area contributed by atoms with Crippen LogP contribution in [0, 0.1) is 28.1 Å². The number of aliphatic hydroxyl groups is 2. The van der Waals surface area contributed by atoms with Crippen molar-refractivity contribution >= 4 is 0 Å². The summed E-state index contributed by atoms with van der Waals surface area (Å²) < 4.78 is 0. The molecule has 124 valence electrons. The molecule has 0 radical (unpaired) electrons. The molecule has 0 spiro atoms. The molecule has 2 N–H and O–H groups in total. The van der Waals surface area contributed by atoms with Crippen molar-refractivity contribution < 1.29 is 10.2 Å². The van der Waals surface area contributed by atoms with Crippen LogP contribution in [0.15, 0.2) is 24.3 Å². The van der Waals surface area contributed by atoms with E-state index >= 15 is 0 Å². The Morgan fingerprint density at radius 2 is 1.95 bits per heavy atom. The molecular formula is C20H32O2. The Kier molecular flexibility index (Phi) is 3.85. The fourth-order valence-corrected chi connectivity index (χ4v) is 5.94. The van der Waals surface area contributed by atoms with Gasteiger partial charge in [0.2, 0.25) is 0 Å². The summed E-state index contributed by atoms with van der Waals surface area (Å²) in [6, 6.07) is 0. The highest BCUT2D eigenvalue weighted by molar-refractivity contribution is 5.27. The fourth-order valence-electron chi connectivity index (χ4n) is 5.94. The maximum atomic E-state index is 10.5. The molecule has 2 heteroatoms. The maximum Gasteiger partial charge on any atom is 0.0618 e. The molecule has 0 amide bonds. The van der Waals surface area contributed by atoms with Crippen molar-refractivity contribution in [3.8, 4) is 0 Å². The third-order valence-corrected chi connectivity index (χ3v) is 7.57. The van der Waals surface area contributed by atoms with Crippen LogP contribution >= 0.6 is 0 Å². The van der Waals surface area contributed by atoms with Crippen LogP contribution in [0.1, 0.15) is 59.3 Å². The molecule has 0 heterocycles. The number of hydrogen-bond donors (Lipinski definition) is 2. The summed E-state index contributed by atoms with van der Waals surface area (Å²) in [5, 5.41) is 20.5. The Balaban J connectivity index is 1.98. The molecule has 6 atom stereocenters. The standard InChI is InChI=1S/C20H32O2/c1-5-18(2)10-8-15-14(12-18)6-7-16-19(15,3)11-9-17(22)20(16,4)13-21/h5,12,15-17,21-22H,1,6-11,13H2,2-4H3/t15-,16+,17-,18-,19+,20?/m1/s1. The first-order chi connectivity index (χ1) is 10.3. The molecule has 0 aromatic rings. The minimum Gasteiger partial charge on any atom is -0.396 e. The van der Waals surface area contributed by atoms with Crippen molar-refractivity contribution in [2.24, 2.45) is 28.1 Å². The normalized spacial score (nSPS) is 51.5. The number of aliphatic hydroxyl groups excluding tert-OH is 2. The van der Waals surface area contributed by atoms with Gasteiger partial charge in [-0.2, -0.15) is 0 Å². The highest BCUT2D eigenvalue weighted by Crippen LogP contribution is 2.63. The van der Waals surface area contributed by atoms with Crippen LogP contribution in [0.4, 0.5) is 0 Å². The topological polar surface area (TPSA) is 40.5 Å². The lowest BCUT2D eigenvalue weighted by Gasteiger charge is -2.61. The van der Waals surface area contributed by atoms with Crippen molar-refractivity contribution in [2.45, 2.75) is 65.4 Å². The lowest BCUT2D eigenvalue weighted by molar-refractivity contribution is -0.153. The molecule has 3 aliphatic rings. The van der Waals surface area contributed by atoms with Gasteiger partial charge in [0, 0.05) is 10.8 Å². The van der Waals surface area contributed by atoms with Crippen molar-refractivity contribution in [3.05, 3.63) is 24.3 Å². The molecular weight excluding hydrogens is 272 g/mol. The van der Waals surface area contributed by atoms with E-state index < -0.39 is 0 Å². The average Bonchev–Trinajstić information content (AvgIpc) is 2.51. The summed E-state index contributed by atoms with van der Waals surface area (Å²) in [4.78, 5) is 0. The van der Waals surface area contributed by atoms with Gasteiger partial charge in [-0.3, -0.25) is 0 Å². The Hall–Kier alpha value is -0.600. The van der Waals surface area contributed by atoms with Gasteiger partial charge in [0.1, 0.15) is 0 Å². The molecule has 22 heavy (non-hydrogen) atoms. The molecule has 1 unspecified atom stereocenters. The molecule has 3 aliphatic carbocycles. The summed E-state index contributed by atoms with van der Waals surface area (Å²) in [5.74, 6) is 1.04. The van der Waals surface area contributed by atoms with Crippen molar-refractivity contribution in [1.82, 2.24) is 0 Å². The number of fused-ring (bicyclic) bond motifs is 3. The lowest BCUT2D eigenvalue weighted by atomic mass is 9.44. The van der Waals surface area contributed by atoms with E-state index in [4.69, 9.17) is 0 Å². The van der Waals surface area contributed by atoms with Gasteiger partial charge in [0.15, 0.2) is 0 Å². The third kappa shape index (κ3) is 2.14. The van der Waals surface area contributed by atoms with Gasteiger partial charge >= 0.3 is 0 Å². The molecule has 2 fully saturated rings. The van der Waals surface area contributed by atoms with Crippen LogP contribution in [-0.4, -0.2) is 22.9 Å². The predicted octanol–water partition coefficient (Wildman–Crippen LogP) is 4.08. The molecule has 0 bridgehead atoms. The van der Waals surface area contributed by atoms with Gasteiger partial charge in [-0.1, -0.05) is 38.5 Å². The van der Waals surface area contributed by atoms with Gasteiger partial charge in [-0.05, 0) is 55.8 Å². The molecule has 0 aliphatic heterocycles. The van der Waals surface area contributed by atoms with Gasteiger partial charge in [0.25, 0.3) is 0 Å². The summed E-state index contributed by atoms with van der Waals surface area (Å²) in [6.45, 7) is 10.9. The van der Waals surface area contributed by atoms with E-state index in [1.165, 1.54) is 12.8 Å². The first-order valence-corrected chi connectivity index (χ1v) is 8.93. The van der Waals surface area contributed by atoms with Crippen molar-refractivity contribution in [1.29, 1.82) is 0 Å². The predicted molar refractivity (Wildman–Crippen MR) is 90.4 cm³/mol. The van der Waals surface area contributed by atoms with Gasteiger partial charge in [-0.15, -0.1) is 6.58 Å². The van der Waals surface area contributed by atoms with Crippen LogP contribution < -0.4 is 0 Å². The van der Waals surface area contributed by atoms with Gasteiger partial charge < -0.3 is 10.2 Å². The van der Waals surface area contributed by atoms with E-state index in [9.17, 15) is 10.2 Å². The molecule has 0 aromatic carbocycles. The van der Waals surface area contributed by atoms with Gasteiger partial charge in [-0.25, -0.2) is 0 Å². The zero-order chi connectivity index (χ0) is 16.2. The minimum absolute atomic E-state index is 0.102. The quantitative estimate of drug-likeness (QED) is 0.755.